The Balaban J connectivity index is 2.46. The molecule has 1 rings (SSSR count). The molecular formula is C12H24N4O2. The van der Waals surface area contributed by atoms with E-state index in [1.807, 2.05) is 6.92 Å². The van der Waals surface area contributed by atoms with Crippen LogP contribution in [0.5, 0.6) is 0 Å². The molecule has 0 aromatic rings. The predicted octanol–water partition coefficient (Wildman–Crippen LogP) is -0.397. The van der Waals surface area contributed by atoms with Crippen molar-refractivity contribution in [3.63, 3.8) is 0 Å². The molecule has 1 aliphatic rings. The van der Waals surface area contributed by atoms with Gasteiger partial charge in [0.1, 0.15) is 0 Å². The van der Waals surface area contributed by atoms with Gasteiger partial charge < -0.3 is 5.32 Å². The van der Waals surface area contributed by atoms with Crippen molar-refractivity contribution in [3.8, 4) is 0 Å². The molecule has 6 nitrogen and oxygen atoms in total. The van der Waals surface area contributed by atoms with Gasteiger partial charge in [-0.3, -0.25) is 19.9 Å². The number of likely N-dealkylation sites (tertiary alicyclic amines) is 1. The van der Waals surface area contributed by atoms with Gasteiger partial charge in [0, 0.05) is 26.1 Å². The van der Waals surface area contributed by atoms with Crippen LogP contribution in [0.25, 0.3) is 0 Å². The molecule has 0 aromatic carbocycles. The van der Waals surface area contributed by atoms with Crippen LogP contribution in [-0.4, -0.2) is 42.9 Å². The van der Waals surface area contributed by atoms with Gasteiger partial charge in [0.25, 0.3) is 0 Å². The average molecular weight is 256 g/mol. The van der Waals surface area contributed by atoms with Gasteiger partial charge in [-0.25, -0.2) is 5.84 Å². The fraction of sp³-hybridized carbons (Fsp3) is 0.833. The van der Waals surface area contributed by atoms with E-state index < -0.39 is 0 Å². The summed E-state index contributed by atoms with van der Waals surface area (Å²) in [4.78, 5) is 25.2. The zero-order valence-corrected chi connectivity index (χ0v) is 11.5. The maximum atomic E-state index is 11.8. The van der Waals surface area contributed by atoms with Gasteiger partial charge >= 0.3 is 0 Å². The Morgan fingerprint density at radius 3 is 2.72 bits per heavy atom. The molecule has 0 saturated carbocycles. The first-order chi connectivity index (χ1) is 8.42. The molecule has 0 spiro atoms. The Morgan fingerprint density at radius 1 is 1.50 bits per heavy atom. The number of rotatable bonds is 5. The lowest BCUT2D eigenvalue weighted by Gasteiger charge is -2.27. The molecule has 6 heteroatoms. The van der Waals surface area contributed by atoms with E-state index in [4.69, 9.17) is 5.84 Å². The second-order valence-electron chi connectivity index (χ2n) is 5.32. The number of carbonyl (C=O) groups excluding carboxylic acids is 2. The first kappa shape index (κ1) is 14.9. The Bertz CT molecular complexity index is 321. The van der Waals surface area contributed by atoms with Crippen LogP contribution >= 0.6 is 0 Å². The summed E-state index contributed by atoms with van der Waals surface area (Å²) in [6.45, 7) is 5.72. The highest BCUT2D eigenvalue weighted by molar-refractivity contribution is 5.82. The minimum atomic E-state index is -0.306. The van der Waals surface area contributed by atoms with Gasteiger partial charge in [-0.15, -0.1) is 0 Å². The Hall–Kier alpha value is -1.14. The van der Waals surface area contributed by atoms with Crippen LogP contribution in [-0.2, 0) is 9.59 Å². The van der Waals surface area contributed by atoms with Crippen LogP contribution in [0, 0.1) is 5.41 Å². The molecule has 0 aromatic heterocycles. The van der Waals surface area contributed by atoms with Gasteiger partial charge in [-0.05, 0) is 33.2 Å². The minimum Gasteiger partial charge on any atom is -0.359 e. The van der Waals surface area contributed by atoms with Gasteiger partial charge in [0.2, 0.25) is 11.8 Å². The highest BCUT2D eigenvalue weighted by Gasteiger charge is 2.40. The summed E-state index contributed by atoms with van der Waals surface area (Å²) in [6, 6.07) is 0.286. The number of nitrogens with one attached hydrogen (secondary N) is 2. The Morgan fingerprint density at radius 2 is 2.17 bits per heavy atom. The predicted molar refractivity (Wildman–Crippen MR) is 69.4 cm³/mol. The third kappa shape index (κ3) is 3.43. The average Bonchev–Trinajstić information content (AvgIpc) is 2.78. The monoisotopic (exact) mass is 256 g/mol. The largest absolute Gasteiger partial charge is 0.359 e. The summed E-state index contributed by atoms with van der Waals surface area (Å²) in [5.41, 5.74) is 1.83. The molecule has 1 heterocycles. The van der Waals surface area contributed by atoms with Crippen molar-refractivity contribution in [2.75, 3.05) is 20.1 Å². The topological polar surface area (TPSA) is 87.5 Å². The van der Waals surface area contributed by atoms with E-state index in [1.54, 1.807) is 7.05 Å². The van der Waals surface area contributed by atoms with Crippen LogP contribution in [0.2, 0.25) is 0 Å². The second kappa shape index (κ2) is 6.15. The zero-order chi connectivity index (χ0) is 13.8. The quantitative estimate of drug-likeness (QED) is 0.355. The van der Waals surface area contributed by atoms with Crippen molar-refractivity contribution in [2.24, 2.45) is 11.3 Å². The molecule has 104 valence electrons. The van der Waals surface area contributed by atoms with E-state index in [-0.39, 0.29) is 23.3 Å². The summed E-state index contributed by atoms with van der Waals surface area (Å²) in [7, 11) is 1.67. The van der Waals surface area contributed by atoms with Crippen molar-refractivity contribution in [2.45, 2.75) is 39.2 Å². The summed E-state index contributed by atoms with van der Waals surface area (Å²) in [5.74, 6) is 5.00. The molecule has 1 aliphatic heterocycles. The maximum Gasteiger partial charge on any atom is 0.233 e. The zero-order valence-electron chi connectivity index (χ0n) is 11.5. The molecule has 0 radical (unpaired) electrons. The number of nitrogens with zero attached hydrogens (tertiary/aromatic N) is 1. The van der Waals surface area contributed by atoms with E-state index in [0.717, 1.165) is 25.9 Å². The van der Waals surface area contributed by atoms with E-state index >= 15 is 0 Å². The van der Waals surface area contributed by atoms with Crippen molar-refractivity contribution in [3.05, 3.63) is 0 Å². The third-order valence-corrected chi connectivity index (χ3v) is 3.85. The summed E-state index contributed by atoms with van der Waals surface area (Å²) in [5, 5.41) is 2.72. The minimum absolute atomic E-state index is 0.0944. The summed E-state index contributed by atoms with van der Waals surface area (Å²) < 4.78 is 0. The molecule has 2 atom stereocenters. The molecule has 1 saturated heterocycles. The lowest BCUT2D eigenvalue weighted by molar-refractivity contribution is -0.129. The standard InChI is InChI=1S/C12H24N4O2/c1-9(4-5-10(17)15-13)16-7-6-12(2,8-16)11(18)14-3/h9H,4-8,13H2,1-3H3,(H,14,18)(H,15,17). The number of hydrogen-bond acceptors (Lipinski definition) is 4. The molecule has 0 aliphatic carbocycles. The summed E-state index contributed by atoms with van der Waals surface area (Å²) in [6.07, 6.45) is 2.04. The van der Waals surface area contributed by atoms with Gasteiger partial charge in [-0.1, -0.05) is 0 Å². The first-order valence-corrected chi connectivity index (χ1v) is 6.38. The van der Waals surface area contributed by atoms with Gasteiger partial charge in [-0.2, -0.15) is 0 Å². The van der Waals surface area contributed by atoms with Crippen molar-refractivity contribution >= 4 is 11.8 Å². The van der Waals surface area contributed by atoms with Crippen molar-refractivity contribution < 1.29 is 9.59 Å². The van der Waals surface area contributed by atoms with E-state index in [1.165, 1.54) is 0 Å². The number of hydrazine groups is 1. The molecule has 2 amide bonds. The second-order valence-corrected chi connectivity index (χ2v) is 5.32. The van der Waals surface area contributed by atoms with Crippen molar-refractivity contribution in [1.29, 1.82) is 0 Å². The van der Waals surface area contributed by atoms with E-state index in [9.17, 15) is 9.59 Å². The Kier molecular flexibility index (Phi) is 5.10. The maximum absolute atomic E-state index is 11.8. The van der Waals surface area contributed by atoms with E-state index in [2.05, 4.69) is 22.6 Å². The highest BCUT2D eigenvalue weighted by Crippen LogP contribution is 2.31. The fourth-order valence-electron chi connectivity index (χ4n) is 2.45. The molecule has 4 N–H and O–H groups in total. The molecule has 0 bridgehead atoms. The van der Waals surface area contributed by atoms with Crippen LogP contribution in [0.3, 0.4) is 0 Å². The fourth-order valence-corrected chi connectivity index (χ4v) is 2.45. The van der Waals surface area contributed by atoms with Crippen LogP contribution < -0.4 is 16.6 Å². The normalized spacial score (nSPS) is 25.8. The van der Waals surface area contributed by atoms with Crippen LogP contribution in [0.4, 0.5) is 0 Å². The van der Waals surface area contributed by atoms with Crippen LogP contribution in [0.15, 0.2) is 0 Å². The molecule has 1 fully saturated rings. The van der Waals surface area contributed by atoms with E-state index in [0.29, 0.717) is 6.42 Å². The molecular weight excluding hydrogens is 232 g/mol. The lowest BCUT2D eigenvalue weighted by atomic mass is 9.89. The number of nitrogens with two attached hydrogens (primary N) is 1. The smallest absolute Gasteiger partial charge is 0.233 e. The third-order valence-electron chi connectivity index (χ3n) is 3.85. The molecule has 18 heavy (non-hydrogen) atoms. The Labute approximate surface area is 108 Å². The first-order valence-electron chi connectivity index (χ1n) is 6.38. The number of amides is 2. The van der Waals surface area contributed by atoms with Crippen LogP contribution in [0.1, 0.15) is 33.1 Å². The van der Waals surface area contributed by atoms with Gasteiger partial charge in [0.15, 0.2) is 0 Å². The summed E-state index contributed by atoms with van der Waals surface area (Å²) >= 11 is 0. The number of hydrogen-bond donors (Lipinski definition) is 3. The lowest BCUT2D eigenvalue weighted by Crippen LogP contribution is -2.41. The highest BCUT2D eigenvalue weighted by atomic mass is 16.2. The number of carbonyl (C=O) groups is 2. The van der Waals surface area contributed by atoms with Gasteiger partial charge in [0.05, 0.1) is 5.41 Å². The van der Waals surface area contributed by atoms with Crippen molar-refractivity contribution in [1.82, 2.24) is 15.6 Å². The molecule has 2 unspecified atom stereocenters. The SMILES string of the molecule is CNC(=O)C1(C)CCN(C(C)CCC(=O)NN)C1.